The van der Waals surface area contributed by atoms with Gasteiger partial charge in [0.1, 0.15) is 5.82 Å². The van der Waals surface area contributed by atoms with Crippen molar-refractivity contribution in [3.05, 3.63) is 47.1 Å². The quantitative estimate of drug-likeness (QED) is 0.667. The maximum atomic E-state index is 6.25. The van der Waals surface area contributed by atoms with Gasteiger partial charge in [-0.05, 0) is 29.8 Å². The minimum Gasteiger partial charge on any atom is -0.489 e. The van der Waals surface area contributed by atoms with E-state index in [2.05, 4.69) is 15.3 Å². The van der Waals surface area contributed by atoms with Gasteiger partial charge in [-0.15, -0.1) is 0 Å². The average molecular weight is 333 g/mol. The highest BCUT2D eigenvalue weighted by atomic mass is 35.5. The Hall–Kier alpha value is -2.47. The van der Waals surface area contributed by atoms with Crippen LogP contribution in [0, 0.1) is 0 Å². The summed E-state index contributed by atoms with van der Waals surface area (Å²) in [6.45, 7) is 1.59. The van der Waals surface area contributed by atoms with E-state index in [4.69, 9.17) is 26.8 Å². The SMILES string of the molecule is NC(=NCc1cc(Cl)c2c(c1)OCCCO2)Nc1ccccn1. The lowest BCUT2D eigenvalue weighted by Crippen LogP contribution is -2.23. The molecule has 0 unspecified atom stereocenters. The molecule has 0 spiro atoms. The molecule has 2 heterocycles. The van der Waals surface area contributed by atoms with Crippen LogP contribution >= 0.6 is 11.6 Å². The summed E-state index contributed by atoms with van der Waals surface area (Å²) in [6, 6.07) is 9.20. The number of hydrogen-bond acceptors (Lipinski definition) is 4. The van der Waals surface area contributed by atoms with E-state index in [1.165, 1.54) is 0 Å². The highest BCUT2D eigenvalue weighted by Crippen LogP contribution is 2.38. The number of hydrogen-bond donors (Lipinski definition) is 2. The molecule has 0 amide bonds. The van der Waals surface area contributed by atoms with Gasteiger partial charge in [0, 0.05) is 12.6 Å². The number of fused-ring (bicyclic) bond motifs is 1. The van der Waals surface area contributed by atoms with E-state index in [0.717, 1.165) is 12.0 Å². The number of aliphatic imine (C=N–C) groups is 1. The lowest BCUT2D eigenvalue weighted by molar-refractivity contribution is 0.297. The van der Waals surface area contributed by atoms with Gasteiger partial charge in [-0.1, -0.05) is 17.7 Å². The van der Waals surface area contributed by atoms with Crippen molar-refractivity contribution in [3.8, 4) is 11.5 Å². The number of nitrogens with zero attached hydrogens (tertiary/aromatic N) is 2. The standard InChI is InChI=1S/C16H17ClN4O2/c17-12-8-11(9-13-15(12)23-7-3-6-22-13)10-20-16(18)21-14-4-1-2-5-19-14/h1-2,4-5,8-9H,3,6-7,10H2,(H3,18,19,20,21). The van der Waals surface area contributed by atoms with Crippen LogP contribution in [-0.4, -0.2) is 24.2 Å². The molecule has 3 N–H and O–H groups in total. The van der Waals surface area contributed by atoms with Gasteiger partial charge in [0.05, 0.1) is 24.8 Å². The first-order valence-electron chi connectivity index (χ1n) is 7.28. The summed E-state index contributed by atoms with van der Waals surface area (Å²) in [5.74, 6) is 2.17. The van der Waals surface area contributed by atoms with Crippen molar-refractivity contribution in [2.45, 2.75) is 13.0 Å². The number of aromatic nitrogens is 1. The number of ether oxygens (including phenoxy) is 2. The van der Waals surface area contributed by atoms with E-state index in [0.29, 0.717) is 42.1 Å². The predicted octanol–water partition coefficient (Wildman–Crippen LogP) is 2.82. The summed E-state index contributed by atoms with van der Waals surface area (Å²) in [5.41, 5.74) is 6.76. The van der Waals surface area contributed by atoms with E-state index in [1.54, 1.807) is 6.20 Å². The Balaban J connectivity index is 1.71. The van der Waals surface area contributed by atoms with Gasteiger partial charge < -0.3 is 20.5 Å². The zero-order valence-corrected chi connectivity index (χ0v) is 13.2. The molecule has 1 aliphatic heterocycles. The van der Waals surface area contributed by atoms with Gasteiger partial charge in [-0.3, -0.25) is 0 Å². The highest BCUT2D eigenvalue weighted by molar-refractivity contribution is 6.32. The topological polar surface area (TPSA) is 81.8 Å². The maximum absolute atomic E-state index is 6.25. The van der Waals surface area contributed by atoms with Crippen LogP contribution in [-0.2, 0) is 6.54 Å². The summed E-state index contributed by atoms with van der Waals surface area (Å²) in [5, 5.41) is 3.45. The molecule has 0 aliphatic carbocycles. The first kappa shape index (κ1) is 15.4. The molecule has 6 nitrogen and oxygen atoms in total. The van der Waals surface area contributed by atoms with Crippen LogP contribution in [0.5, 0.6) is 11.5 Å². The Labute approximate surface area is 139 Å². The van der Waals surface area contributed by atoms with Crippen molar-refractivity contribution >= 4 is 23.4 Å². The van der Waals surface area contributed by atoms with E-state index in [9.17, 15) is 0 Å². The molecule has 1 aliphatic rings. The highest BCUT2D eigenvalue weighted by Gasteiger charge is 2.15. The monoisotopic (exact) mass is 332 g/mol. The normalized spacial score (nSPS) is 14.2. The van der Waals surface area contributed by atoms with E-state index >= 15 is 0 Å². The fourth-order valence-electron chi connectivity index (χ4n) is 2.16. The van der Waals surface area contributed by atoms with Crippen LogP contribution in [0.3, 0.4) is 0 Å². The number of halogens is 1. The van der Waals surface area contributed by atoms with Crippen molar-refractivity contribution < 1.29 is 9.47 Å². The lowest BCUT2D eigenvalue weighted by Gasteiger charge is -2.11. The Bertz CT molecular complexity index is 707. The zero-order chi connectivity index (χ0) is 16.1. The van der Waals surface area contributed by atoms with Crippen molar-refractivity contribution in [2.24, 2.45) is 10.7 Å². The molecule has 0 fully saturated rings. The van der Waals surface area contributed by atoms with Crippen molar-refractivity contribution in [2.75, 3.05) is 18.5 Å². The lowest BCUT2D eigenvalue weighted by atomic mass is 10.2. The van der Waals surface area contributed by atoms with Crippen LogP contribution in [0.25, 0.3) is 0 Å². The van der Waals surface area contributed by atoms with Crippen LogP contribution < -0.4 is 20.5 Å². The third-order valence-electron chi connectivity index (χ3n) is 3.21. The van der Waals surface area contributed by atoms with Crippen LogP contribution in [0.4, 0.5) is 5.82 Å². The number of guanidine groups is 1. The largest absolute Gasteiger partial charge is 0.489 e. The van der Waals surface area contributed by atoms with Crippen molar-refractivity contribution in [1.29, 1.82) is 0 Å². The smallest absolute Gasteiger partial charge is 0.194 e. The second-order valence-electron chi connectivity index (χ2n) is 5.00. The number of pyridine rings is 1. The summed E-state index contributed by atoms with van der Waals surface area (Å²) in [7, 11) is 0. The third-order valence-corrected chi connectivity index (χ3v) is 3.50. The number of rotatable bonds is 3. The molecular weight excluding hydrogens is 316 g/mol. The molecule has 120 valence electrons. The van der Waals surface area contributed by atoms with E-state index in [-0.39, 0.29) is 5.96 Å². The fraction of sp³-hybridized carbons (Fsp3) is 0.250. The Morgan fingerprint density at radius 2 is 2.17 bits per heavy atom. The third kappa shape index (κ3) is 4.04. The summed E-state index contributed by atoms with van der Waals surface area (Å²) < 4.78 is 11.3. The molecule has 0 saturated heterocycles. The van der Waals surface area contributed by atoms with Crippen molar-refractivity contribution in [1.82, 2.24) is 4.98 Å². The molecule has 7 heteroatoms. The van der Waals surface area contributed by atoms with Crippen molar-refractivity contribution in [3.63, 3.8) is 0 Å². The number of nitrogens with one attached hydrogen (secondary N) is 1. The number of anilines is 1. The van der Waals surface area contributed by atoms with Crippen LogP contribution in [0.1, 0.15) is 12.0 Å². The van der Waals surface area contributed by atoms with E-state index in [1.807, 2.05) is 30.3 Å². The van der Waals surface area contributed by atoms with E-state index < -0.39 is 0 Å². The second kappa shape index (κ2) is 7.19. The summed E-state index contributed by atoms with van der Waals surface area (Å²) in [4.78, 5) is 8.42. The number of nitrogens with two attached hydrogens (primary N) is 1. The van der Waals surface area contributed by atoms with Gasteiger partial charge in [-0.25, -0.2) is 9.98 Å². The minimum atomic E-state index is 0.284. The van der Waals surface area contributed by atoms with Gasteiger partial charge in [0.2, 0.25) is 0 Å². The molecule has 23 heavy (non-hydrogen) atoms. The molecule has 0 saturated carbocycles. The summed E-state index contributed by atoms with van der Waals surface area (Å²) in [6.07, 6.45) is 2.51. The predicted molar refractivity (Wildman–Crippen MR) is 90.2 cm³/mol. The molecule has 0 bridgehead atoms. The molecule has 1 aromatic heterocycles. The zero-order valence-electron chi connectivity index (χ0n) is 12.5. The minimum absolute atomic E-state index is 0.284. The summed E-state index contributed by atoms with van der Waals surface area (Å²) >= 11 is 6.25. The Kier molecular flexibility index (Phi) is 4.83. The van der Waals surface area contributed by atoms with Gasteiger partial charge in [-0.2, -0.15) is 0 Å². The van der Waals surface area contributed by atoms with Gasteiger partial charge in [0.15, 0.2) is 17.5 Å². The van der Waals surface area contributed by atoms with Crippen LogP contribution in [0.15, 0.2) is 41.5 Å². The van der Waals surface area contributed by atoms with Gasteiger partial charge >= 0.3 is 0 Å². The molecule has 2 aromatic rings. The molecule has 0 atom stereocenters. The number of benzene rings is 1. The Morgan fingerprint density at radius 1 is 1.30 bits per heavy atom. The molecule has 3 rings (SSSR count). The van der Waals surface area contributed by atoms with Gasteiger partial charge in [0.25, 0.3) is 0 Å². The average Bonchev–Trinajstić information content (AvgIpc) is 2.80. The Morgan fingerprint density at radius 3 is 3.00 bits per heavy atom. The molecular formula is C16H17ClN4O2. The first-order valence-corrected chi connectivity index (χ1v) is 7.66. The van der Waals surface area contributed by atoms with Crippen LogP contribution in [0.2, 0.25) is 5.02 Å². The maximum Gasteiger partial charge on any atom is 0.194 e. The molecule has 0 radical (unpaired) electrons. The second-order valence-corrected chi connectivity index (χ2v) is 5.40. The first-order chi connectivity index (χ1) is 11.2. The molecule has 1 aromatic carbocycles. The fourth-order valence-corrected chi connectivity index (χ4v) is 2.45.